The summed E-state index contributed by atoms with van der Waals surface area (Å²) in [6.07, 6.45) is 0.778. The summed E-state index contributed by atoms with van der Waals surface area (Å²) in [5.74, 6) is 0.0385. The first kappa shape index (κ1) is 15.0. The topological polar surface area (TPSA) is 75.5 Å². The van der Waals surface area contributed by atoms with Gasteiger partial charge in [0.25, 0.3) is 5.69 Å². The molecule has 1 saturated heterocycles. The molecule has 7 heteroatoms. The van der Waals surface area contributed by atoms with Crippen molar-refractivity contribution in [2.45, 2.75) is 13.3 Å². The predicted molar refractivity (Wildman–Crippen MR) is 84.8 cm³/mol. The lowest BCUT2D eigenvalue weighted by Crippen LogP contribution is -2.39. The van der Waals surface area contributed by atoms with E-state index in [-0.39, 0.29) is 16.5 Å². The number of nitrogens with zero attached hydrogens (tertiary/aromatic N) is 2. The molecular formula is C13H16IN3O3. The van der Waals surface area contributed by atoms with Gasteiger partial charge in [-0.05, 0) is 48.1 Å². The highest BCUT2D eigenvalue weighted by molar-refractivity contribution is 14.1. The van der Waals surface area contributed by atoms with Crippen LogP contribution in [0.2, 0.25) is 0 Å². The Morgan fingerprint density at radius 2 is 2.25 bits per heavy atom. The van der Waals surface area contributed by atoms with Crippen LogP contribution in [0, 0.1) is 19.1 Å². The molecule has 1 atom stereocenters. The number of halogens is 1. The summed E-state index contributed by atoms with van der Waals surface area (Å²) in [6, 6.07) is 5.07. The van der Waals surface area contributed by atoms with Crippen molar-refractivity contribution in [3.05, 3.63) is 31.9 Å². The average molecular weight is 389 g/mol. The van der Waals surface area contributed by atoms with Crippen molar-refractivity contribution >= 4 is 39.9 Å². The Morgan fingerprint density at radius 3 is 2.80 bits per heavy atom. The van der Waals surface area contributed by atoms with Gasteiger partial charge >= 0.3 is 0 Å². The molecular weight excluding hydrogens is 373 g/mol. The van der Waals surface area contributed by atoms with Crippen molar-refractivity contribution in [2.75, 3.05) is 25.0 Å². The van der Waals surface area contributed by atoms with Crippen LogP contribution in [0.4, 0.5) is 11.4 Å². The Balaban J connectivity index is 2.21. The molecule has 1 fully saturated rings. The number of hydrogen-bond donors (Lipinski definition) is 1. The fraction of sp³-hybridized carbons (Fsp3) is 0.462. The summed E-state index contributed by atoms with van der Waals surface area (Å²) < 4.78 is 0.610. The quantitative estimate of drug-likeness (QED) is 0.489. The van der Waals surface area contributed by atoms with Crippen LogP contribution in [0.15, 0.2) is 18.2 Å². The molecule has 1 unspecified atom stereocenters. The van der Waals surface area contributed by atoms with Crippen LogP contribution in [0.5, 0.6) is 0 Å². The van der Waals surface area contributed by atoms with E-state index in [1.54, 1.807) is 19.2 Å². The second-order valence-corrected chi connectivity index (χ2v) is 6.37. The number of rotatable bonds is 3. The fourth-order valence-electron chi connectivity index (χ4n) is 2.51. The molecule has 108 valence electrons. The lowest BCUT2D eigenvalue weighted by molar-refractivity contribution is -0.385. The first-order valence-electron chi connectivity index (χ1n) is 6.28. The monoisotopic (exact) mass is 389 g/mol. The molecule has 1 aromatic rings. The van der Waals surface area contributed by atoms with Crippen LogP contribution < -0.4 is 10.2 Å². The average Bonchev–Trinajstić information content (AvgIpc) is 2.81. The van der Waals surface area contributed by atoms with Crippen molar-refractivity contribution in [1.82, 2.24) is 5.32 Å². The van der Waals surface area contributed by atoms with Gasteiger partial charge in [0.05, 0.1) is 13.9 Å². The maximum atomic E-state index is 11.9. The highest BCUT2D eigenvalue weighted by Gasteiger charge is 2.40. The number of benzene rings is 1. The molecule has 6 nitrogen and oxygen atoms in total. The number of anilines is 1. The normalized spacial score (nSPS) is 21.9. The second kappa shape index (κ2) is 5.55. The van der Waals surface area contributed by atoms with Gasteiger partial charge in [-0.1, -0.05) is 0 Å². The van der Waals surface area contributed by atoms with E-state index in [0.29, 0.717) is 10.1 Å². The van der Waals surface area contributed by atoms with Gasteiger partial charge in [0.15, 0.2) is 0 Å². The summed E-state index contributed by atoms with van der Waals surface area (Å²) in [5, 5.41) is 13.5. The van der Waals surface area contributed by atoms with E-state index >= 15 is 0 Å². The number of carbonyl (C=O) groups is 1. The Labute approximate surface area is 130 Å². The number of nitrogens with one attached hydrogen (secondary N) is 1. The third kappa shape index (κ3) is 2.72. The van der Waals surface area contributed by atoms with Crippen LogP contribution in [0.3, 0.4) is 0 Å². The molecule has 1 heterocycles. The van der Waals surface area contributed by atoms with Crippen LogP contribution in [0.25, 0.3) is 0 Å². The van der Waals surface area contributed by atoms with Gasteiger partial charge in [0, 0.05) is 31.9 Å². The first-order chi connectivity index (χ1) is 9.37. The number of hydrogen-bond acceptors (Lipinski definition) is 4. The minimum atomic E-state index is -0.401. The summed E-state index contributed by atoms with van der Waals surface area (Å²) in [4.78, 5) is 24.4. The maximum Gasteiger partial charge on any atom is 0.282 e. The van der Waals surface area contributed by atoms with Gasteiger partial charge in [0.1, 0.15) is 0 Å². The Morgan fingerprint density at radius 1 is 1.55 bits per heavy atom. The molecule has 0 aliphatic carbocycles. The molecule has 1 aliphatic heterocycles. The molecule has 1 amide bonds. The molecule has 1 N–H and O–H groups in total. The van der Waals surface area contributed by atoms with Crippen molar-refractivity contribution < 1.29 is 9.72 Å². The summed E-state index contributed by atoms with van der Waals surface area (Å²) >= 11 is 1.97. The molecule has 0 saturated carbocycles. The lowest BCUT2D eigenvalue weighted by Gasteiger charge is -2.24. The van der Waals surface area contributed by atoms with Crippen LogP contribution in [-0.4, -0.2) is 31.0 Å². The van der Waals surface area contributed by atoms with Crippen LogP contribution in [-0.2, 0) is 4.79 Å². The minimum Gasteiger partial charge on any atom is -0.370 e. The largest absolute Gasteiger partial charge is 0.370 e. The van der Waals surface area contributed by atoms with Crippen molar-refractivity contribution in [3.8, 4) is 0 Å². The van der Waals surface area contributed by atoms with E-state index in [1.807, 2.05) is 29.5 Å². The standard InChI is InChI=1S/C13H16IN3O3/c1-13(12(18)15-2)5-6-16(8-13)9-3-4-11(17(19)20)10(14)7-9/h3-4,7H,5-6,8H2,1-2H3,(H,15,18). The smallest absolute Gasteiger partial charge is 0.282 e. The third-order valence-electron chi connectivity index (χ3n) is 3.74. The molecule has 20 heavy (non-hydrogen) atoms. The molecule has 2 rings (SSSR count). The van der Waals surface area contributed by atoms with E-state index < -0.39 is 5.41 Å². The van der Waals surface area contributed by atoms with Crippen molar-refractivity contribution in [3.63, 3.8) is 0 Å². The Bertz CT molecular complexity index is 564. The Kier molecular flexibility index (Phi) is 4.17. The van der Waals surface area contributed by atoms with Gasteiger partial charge in [-0.15, -0.1) is 0 Å². The van der Waals surface area contributed by atoms with E-state index in [0.717, 1.165) is 18.7 Å². The van der Waals surface area contributed by atoms with Crippen LogP contribution in [0.1, 0.15) is 13.3 Å². The van der Waals surface area contributed by atoms with E-state index in [4.69, 9.17) is 0 Å². The van der Waals surface area contributed by atoms with Gasteiger partial charge in [-0.3, -0.25) is 14.9 Å². The lowest BCUT2D eigenvalue weighted by atomic mass is 9.89. The molecule has 0 bridgehead atoms. The summed E-state index contributed by atoms with van der Waals surface area (Å²) in [7, 11) is 1.64. The highest BCUT2D eigenvalue weighted by Crippen LogP contribution is 2.35. The molecule has 0 radical (unpaired) electrons. The van der Waals surface area contributed by atoms with E-state index in [9.17, 15) is 14.9 Å². The minimum absolute atomic E-state index is 0.0385. The number of amides is 1. The zero-order valence-electron chi connectivity index (χ0n) is 11.4. The highest BCUT2D eigenvalue weighted by atomic mass is 127. The second-order valence-electron chi connectivity index (χ2n) is 5.20. The van der Waals surface area contributed by atoms with Gasteiger partial charge in [0.2, 0.25) is 5.91 Å². The van der Waals surface area contributed by atoms with Crippen molar-refractivity contribution in [2.24, 2.45) is 5.41 Å². The zero-order chi connectivity index (χ0) is 14.9. The fourth-order valence-corrected chi connectivity index (χ4v) is 3.20. The maximum absolute atomic E-state index is 11.9. The van der Waals surface area contributed by atoms with Gasteiger partial charge in [-0.2, -0.15) is 0 Å². The summed E-state index contributed by atoms with van der Waals surface area (Å²) in [5.41, 5.74) is 0.636. The molecule has 1 aromatic carbocycles. The molecule has 0 aromatic heterocycles. The number of nitro groups is 1. The molecule has 1 aliphatic rings. The van der Waals surface area contributed by atoms with Crippen LogP contribution >= 0.6 is 22.6 Å². The molecule has 0 spiro atoms. The van der Waals surface area contributed by atoms with Gasteiger partial charge < -0.3 is 10.2 Å². The number of carbonyl (C=O) groups excluding carboxylic acids is 1. The zero-order valence-corrected chi connectivity index (χ0v) is 13.5. The van der Waals surface area contributed by atoms with Crippen molar-refractivity contribution in [1.29, 1.82) is 0 Å². The third-order valence-corrected chi connectivity index (χ3v) is 4.61. The number of nitro benzene ring substituents is 1. The van der Waals surface area contributed by atoms with Gasteiger partial charge in [-0.25, -0.2) is 0 Å². The van der Waals surface area contributed by atoms with E-state index in [2.05, 4.69) is 10.2 Å². The van der Waals surface area contributed by atoms with E-state index in [1.165, 1.54) is 6.07 Å². The Hall–Kier alpha value is -1.38. The summed E-state index contributed by atoms with van der Waals surface area (Å²) in [6.45, 7) is 3.35. The first-order valence-corrected chi connectivity index (χ1v) is 7.36. The SMILES string of the molecule is CNC(=O)C1(C)CCN(c2ccc([N+](=O)[O-])c(I)c2)C1. The predicted octanol–water partition coefficient (Wildman–Crippen LogP) is 2.16.